The van der Waals surface area contributed by atoms with Crippen LogP contribution in [0, 0.1) is 16.0 Å². The van der Waals surface area contributed by atoms with Crippen molar-refractivity contribution >= 4 is 39.0 Å². The van der Waals surface area contributed by atoms with Crippen LogP contribution in [-0.2, 0) is 6.42 Å². The maximum Gasteiger partial charge on any atom is 0.297 e. The number of rotatable bonds is 5. The van der Waals surface area contributed by atoms with Crippen molar-refractivity contribution in [3.8, 4) is 0 Å². The molecular formula is C23H18N4O5S. The van der Waals surface area contributed by atoms with Crippen LogP contribution in [0.3, 0.4) is 0 Å². The number of nitro groups is 1. The minimum Gasteiger partial charge on any atom is -0.450 e. The highest BCUT2D eigenvalue weighted by molar-refractivity contribution is 7.15. The Kier molecular flexibility index (Phi) is 5.01. The van der Waals surface area contributed by atoms with Gasteiger partial charge in [0.15, 0.2) is 5.43 Å². The number of hydrogen-bond acceptors (Lipinski definition) is 8. The molecule has 2 aromatic heterocycles. The van der Waals surface area contributed by atoms with Crippen LogP contribution in [0.25, 0.3) is 11.0 Å². The van der Waals surface area contributed by atoms with E-state index in [4.69, 9.17) is 4.42 Å². The van der Waals surface area contributed by atoms with E-state index in [0.29, 0.717) is 34.0 Å². The van der Waals surface area contributed by atoms with Gasteiger partial charge in [-0.05, 0) is 23.6 Å². The van der Waals surface area contributed by atoms with Crippen molar-refractivity contribution in [3.63, 3.8) is 0 Å². The van der Waals surface area contributed by atoms with Crippen molar-refractivity contribution in [2.75, 3.05) is 4.90 Å². The quantitative estimate of drug-likeness (QED) is 0.316. The van der Waals surface area contributed by atoms with Crippen LogP contribution in [0.2, 0.25) is 0 Å². The molecule has 1 aliphatic rings. The van der Waals surface area contributed by atoms with E-state index in [0.717, 1.165) is 5.01 Å². The molecule has 1 atom stereocenters. The number of fused-ring (bicyclic) bond motifs is 2. The van der Waals surface area contributed by atoms with Crippen molar-refractivity contribution in [2.24, 2.45) is 5.92 Å². The zero-order valence-corrected chi connectivity index (χ0v) is 18.5. The number of para-hydroxylation sites is 1. The van der Waals surface area contributed by atoms with Gasteiger partial charge in [0.25, 0.3) is 11.6 Å². The number of non-ortho nitro benzene ring substituents is 1. The molecule has 5 rings (SSSR count). The van der Waals surface area contributed by atoms with Gasteiger partial charge >= 0.3 is 0 Å². The first-order valence-corrected chi connectivity index (χ1v) is 11.1. The highest BCUT2D eigenvalue weighted by atomic mass is 32.1. The van der Waals surface area contributed by atoms with Gasteiger partial charge in [0.05, 0.1) is 21.9 Å². The molecule has 166 valence electrons. The van der Waals surface area contributed by atoms with Gasteiger partial charge in [-0.15, -0.1) is 10.2 Å². The molecule has 0 saturated carbocycles. The van der Waals surface area contributed by atoms with E-state index < -0.39 is 16.9 Å². The SMILES string of the molecule is CC(C)Cc1nnc(N2C(=O)c3oc4ccccc4c(=O)c3C2c2cccc([N+](=O)[O-])c2)s1. The number of aromatic nitrogens is 2. The summed E-state index contributed by atoms with van der Waals surface area (Å²) >= 11 is 1.26. The normalized spacial score (nSPS) is 15.4. The van der Waals surface area contributed by atoms with Gasteiger partial charge < -0.3 is 4.42 Å². The van der Waals surface area contributed by atoms with Gasteiger partial charge in [0.1, 0.15) is 10.6 Å². The first kappa shape index (κ1) is 21.0. The van der Waals surface area contributed by atoms with Gasteiger partial charge in [0.2, 0.25) is 10.9 Å². The average Bonchev–Trinajstić information content (AvgIpc) is 3.36. The third-order valence-electron chi connectivity index (χ3n) is 5.42. The molecule has 0 bridgehead atoms. The largest absolute Gasteiger partial charge is 0.450 e. The molecule has 0 saturated heterocycles. The van der Waals surface area contributed by atoms with Gasteiger partial charge in [-0.1, -0.05) is 49.4 Å². The predicted octanol–water partition coefficient (Wildman–Crippen LogP) is 4.50. The molecular weight excluding hydrogens is 444 g/mol. The van der Waals surface area contributed by atoms with Gasteiger partial charge in [-0.25, -0.2) is 0 Å². The van der Waals surface area contributed by atoms with Crippen LogP contribution in [0.15, 0.2) is 57.7 Å². The molecule has 4 aromatic rings. The summed E-state index contributed by atoms with van der Waals surface area (Å²) in [7, 11) is 0. The zero-order chi connectivity index (χ0) is 23.3. The number of carbonyl (C=O) groups is 1. The second-order valence-electron chi connectivity index (χ2n) is 8.18. The summed E-state index contributed by atoms with van der Waals surface area (Å²) in [4.78, 5) is 39.3. The number of hydrogen-bond donors (Lipinski definition) is 0. The molecule has 10 heteroatoms. The lowest BCUT2D eigenvalue weighted by molar-refractivity contribution is -0.384. The molecule has 1 amide bonds. The van der Waals surface area contributed by atoms with E-state index in [9.17, 15) is 19.7 Å². The highest BCUT2D eigenvalue weighted by Gasteiger charge is 2.45. The van der Waals surface area contributed by atoms with Gasteiger partial charge in [-0.2, -0.15) is 0 Å². The van der Waals surface area contributed by atoms with Crippen molar-refractivity contribution in [2.45, 2.75) is 26.3 Å². The third-order valence-corrected chi connectivity index (χ3v) is 6.36. The lowest BCUT2D eigenvalue weighted by Gasteiger charge is -2.21. The topological polar surface area (TPSA) is 119 Å². The molecule has 2 aromatic carbocycles. The van der Waals surface area contributed by atoms with E-state index >= 15 is 0 Å². The summed E-state index contributed by atoms with van der Waals surface area (Å²) in [6.07, 6.45) is 0.690. The Balaban J connectivity index is 1.75. The summed E-state index contributed by atoms with van der Waals surface area (Å²) in [5.41, 5.74) is 0.355. The Bertz CT molecular complexity index is 1480. The second kappa shape index (κ2) is 7.89. The molecule has 0 N–H and O–H groups in total. The van der Waals surface area contributed by atoms with Crippen LogP contribution in [-0.4, -0.2) is 21.0 Å². The minimum atomic E-state index is -0.923. The summed E-state index contributed by atoms with van der Waals surface area (Å²) < 4.78 is 5.88. The Morgan fingerprint density at radius 2 is 1.94 bits per heavy atom. The first-order valence-electron chi connectivity index (χ1n) is 10.3. The Morgan fingerprint density at radius 3 is 2.70 bits per heavy atom. The molecule has 3 heterocycles. The molecule has 1 aliphatic heterocycles. The summed E-state index contributed by atoms with van der Waals surface area (Å²) in [5.74, 6) is -0.272. The monoisotopic (exact) mass is 462 g/mol. The van der Waals surface area contributed by atoms with E-state index in [-0.39, 0.29) is 22.4 Å². The van der Waals surface area contributed by atoms with Crippen molar-refractivity contribution in [3.05, 3.63) is 90.8 Å². The molecule has 0 fully saturated rings. The third kappa shape index (κ3) is 3.48. The Hall–Kier alpha value is -3.92. The number of amides is 1. The zero-order valence-electron chi connectivity index (χ0n) is 17.7. The first-order chi connectivity index (χ1) is 15.8. The maximum absolute atomic E-state index is 13.5. The van der Waals surface area contributed by atoms with Crippen LogP contribution in [0.1, 0.15) is 46.6 Å². The van der Waals surface area contributed by atoms with Crippen LogP contribution in [0.5, 0.6) is 0 Å². The second-order valence-corrected chi connectivity index (χ2v) is 9.22. The maximum atomic E-state index is 13.5. The summed E-state index contributed by atoms with van der Waals surface area (Å²) in [6.45, 7) is 4.11. The molecule has 0 radical (unpaired) electrons. The van der Waals surface area contributed by atoms with Crippen molar-refractivity contribution in [1.29, 1.82) is 0 Å². The van der Waals surface area contributed by atoms with Crippen LogP contribution >= 0.6 is 11.3 Å². The number of carbonyl (C=O) groups excluding carboxylic acids is 1. The van der Waals surface area contributed by atoms with Gasteiger partial charge in [-0.3, -0.25) is 24.6 Å². The minimum absolute atomic E-state index is 0.0872. The number of anilines is 1. The Morgan fingerprint density at radius 1 is 1.15 bits per heavy atom. The highest BCUT2D eigenvalue weighted by Crippen LogP contribution is 2.42. The smallest absolute Gasteiger partial charge is 0.297 e. The fraction of sp³-hybridized carbons (Fsp3) is 0.217. The number of benzene rings is 2. The molecule has 1 unspecified atom stereocenters. The van der Waals surface area contributed by atoms with Gasteiger partial charge in [0, 0.05) is 18.6 Å². The van der Waals surface area contributed by atoms with Crippen molar-refractivity contribution < 1.29 is 14.1 Å². The fourth-order valence-electron chi connectivity index (χ4n) is 4.01. The van der Waals surface area contributed by atoms with Crippen LogP contribution in [0.4, 0.5) is 10.8 Å². The standard InChI is InChI=1S/C23H18N4O5S/c1-12(2)10-17-24-25-23(33-17)26-19(13-6-5-7-14(11-13)27(30)31)18-20(28)15-8-3-4-9-16(15)32-21(18)22(26)29/h3-9,11-12,19H,10H2,1-2H3. The molecule has 33 heavy (non-hydrogen) atoms. The van der Waals surface area contributed by atoms with E-state index in [1.165, 1.54) is 34.4 Å². The lowest BCUT2D eigenvalue weighted by Crippen LogP contribution is -2.29. The molecule has 0 aliphatic carbocycles. The fourth-order valence-corrected chi connectivity index (χ4v) is 5.09. The molecule has 0 spiro atoms. The predicted molar refractivity (Wildman–Crippen MR) is 123 cm³/mol. The summed E-state index contributed by atoms with van der Waals surface area (Å²) in [6, 6.07) is 11.7. The van der Waals surface area contributed by atoms with Crippen LogP contribution < -0.4 is 10.3 Å². The lowest BCUT2D eigenvalue weighted by atomic mass is 9.98. The van der Waals surface area contributed by atoms with E-state index in [1.807, 2.05) is 0 Å². The number of nitrogens with zero attached hydrogens (tertiary/aromatic N) is 4. The Labute approximate surface area is 191 Å². The number of nitro benzene ring substituents is 1. The van der Waals surface area contributed by atoms with Crippen molar-refractivity contribution in [1.82, 2.24) is 10.2 Å². The van der Waals surface area contributed by atoms with E-state index in [1.54, 1.807) is 30.3 Å². The summed E-state index contributed by atoms with van der Waals surface area (Å²) in [5, 5.41) is 21.2. The molecule has 9 nitrogen and oxygen atoms in total. The average molecular weight is 462 g/mol. The van der Waals surface area contributed by atoms with E-state index in [2.05, 4.69) is 24.0 Å².